The van der Waals surface area contributed by atoms with E-state index in [2.05, 4.69) is 45.8 Å². The first-order valence-electron chi connectivity index (χ1n) is 7.35. The molecule has 3 aromatic heterocycles. The largest absolute Gasteiger partial charge is 0.305 e. The molecule has 4 nitrogen and oxygen atoms in total. The van der Waals surface area contributed by atoms with Crippen molar-refractivity contribution in [1.29, 1.82) is 0 Å². The molecule has 0 spiro atoms. The second-order valence-corrected chi connectivity index (χ2v) is 5.14. The van der Waals surface area contributed by atoms with Crippen LogP contribution in [0.1, 0.15) is 29.6 Å². The second-order valence-electron chi connectivity index (χ2n) is 5.14. The third-order valence-corrected chi connectivity index (χ3v) is 3.78. The molecule has 0 aliphatic heterocycles. The molecular weight excluding hydrogens is 260 g/mol. The fourth-order valence-corrected chi connectivity index (χ4v) is 2.63. The monoisotopic (exact) mass is 280 g/mol. The Bertz CT molecular complexity index is 745. The number of hydrogen-bond donors (Lipinski definition) is 1. The van der Waals surface area contributed by atoms with E-state index in [1.807, 2.05) is 30.5 Å². The number of nitrogens with zero attached hydrogens (tertiary/aromatic N) is 3. The summed E-state index contributed by atoms with van der Waals surface area (Å²) < 4.78 is 2.14. The van der Waals surface area contributed by atoms with Gasteiger partial charge in [0.1, 0.15) is 5.65 Å². The van der Waals surface area contributed by atoms with Crippen LogP contribution in [0.2, 0.25) is 0 Å². The molecule has 3 rings (SSSR count). The molecule has 0 atom stereocenters. The predicted molar refractivity (Wildman–Crippen MR) is 84.1 cm³/mol. The molecule has 108 valence electrons. The molecular formula is C17H20N4. The molecule has 0 bridgehead atoms. The molecule has 21 heavy (non-hydrogen) atoms. The Morgan fingerprint density at radius 2 is 2.05 bits per heavy atom. The maximum Gasteiger partial charge on any atom is 0.137 e. The van der Waals surface area contributed by atoms with Crippen molar-refractivity contribution in [3.8, 4) is 0 Å². The molecule has 1 N–H and O–H groups in total. The van der Waals surface area contributed by atoms with Gasteiger partial charge in [0.15, 0.2) is 0 Å². The van der Waals surface area contributed by atoms with Crippen molar-refractivity contribution in [3.63, 3.8) is 0 Å². The lowest BCUT2D eigenvalue weighted by Gasteiger charge is -2.08. The summed E-state index contributed by atoms with van der Waals surface area (Å²) in [7, 11) is 0. The topological polar surface area (TPSA) is 42.2 Å². The van der Waals surface area contributed by atoms with Gasteiger partial charge in [0.05, 0.1) is 17.1 Å². The Morgan fingerprint density at radius 3 is 2.90 bits per heavy atom. The van der Waals surface area contributed by atoms with Crippen LogP contribution < -0.4 is 5.32 Å². The normalized spacial score (nSPS) is 11.1. The summed E-state index contributed by atoms with van der Waals surface area (Å²) >= 11 is 0. The third-order valence-electron chi connectivity index (χ3n) is 3.78. The van der Waals surface area contributed by atoms with Gasteiger partial charge >= 0.3 is 0 Å². The number of hydrogen-bond acceptors (Lipinski definition) is 3. The van der Waals surface area contributed by atoms with Crippen LogP contribution in [0.5, 0.6) is 0 Å². The van der Waals surface area contributed by atoms with E-state index >= 15 is 0 Å². The highest BCUT2D eigenvalue weighted by Gasteiger charge is 2.08. The van der Waals surface area contributed by atoms with Crippen LogP contribution in [0.25, 0.3) is 5.65 Å². The van der Waals surface area contributed by atoms with Crippen molar-refractivity contribution in [2.75, 3.05) is 0 Å². The third kappa shape index (κ3) is 2.81. The summed E-state index contributed by atoms with van der Waals surface area (Å²) in [4.78, 5) is 9.05. The number of aryl methyl sites for hydroxylation is 2. The minimum atomic E-state index is 0.781. The van der Waals surface area contributed by atoms with Crippen molar-refractivity contribution in [1.82, 2.24) is 19.7 Å². The molecule has 0 amide bonds. The summed E-state index contributed by atoms with van der Waals surface area (Å²) in [5.41, 5.74) is 5.72. The van der Waals surface area contributed by atoms with Crippen LogP contribution in [0.4, 0.5) is 0 Å². The van der Waals surface area contributed by atoms with Crippen LogP contribution in [0, 0.1) is 6.92 Å². The summed E-state index contributed by atoms with van der Waals surface area (Å²) in [6.45, 7) is 5.79. The van der Waals surface area contributed by atoms with E-state index < -0.39 is 0 Å². The van der Waals surface area contributed by atoms with Gasteiger partial charge in [-0.25, -0.2) is 4.98 Å². The SMILES string of the molecule is CCc1cccnc1CNCc1c(C)nc2ccccn12. The molecule has 0 aliphatic rings. The number of imidazole rings is 1. The van der Waals surface area contributed by atoms with Gasteiger partial charge in [0.2, 0.25) is 0 Å². The van der Waals surface area contributed by atoms with E-state index in [0.717, 1.165) is 36.5 Å². The van der Waals surface area contributed by atoms with Crippen LogP contribution >= 0.6 is 0 Å². The van der Waals surface area contributed by atoms with Gasteiger partial charge in [0, 0.05) is 25.5 Å². The van der Waals surface area contributed by atoms with Crippen molar-refractivity contribution in [2.24, 2.45) is 0 Å². The number of fused-ring (bicyclic) bond motifs is 1. The zero-order chi connectivity index (χ0) is 14.7. The lowest BCUT2D eigenvalue weighted by Crippen LogP contribution is -2.16. The van der Waals surface area contributed by atoms with E-state index in [4.69, 9.17) is 0 Å². The lowest BCUT2D eigenvalue weighted by atomic mass is 10.1. The Hall–Kier alpha value is -2.20. The average Bonchev–Trinajstić information content (AvgIpc) is 2.84. The lowest BCUT2D eigenvalue weighted by molar-refractivity contribution is 0.655. The van der Waals surface area contributed by atoms with E-state index in [-0.39, 0.29) is 0 Å². The van der Waals surface area contributed by atoms with Crippen LogP contribution in [-0.4, -0.2) is 14.4 Å². The number of nitrogens with one attached hydrogen (secondary N) is 1. The van der Waals surface area contributed by atoms with Crippen LogP contribution in [0.3, 0.4) is 0 Å². The van der Waals surface area contributed by atoms with Crippen molar-refractivity contribution >= 4 is 5.65 Å². The first kappa shape index (κ1) is 13.8. The smallest absolute Gasteiger partial charge is 0.137 e. The van der Waals surface area contributed by atoms with Crippen molar-refractivity contribution < 1.29 is 0 Å². The first-order valence-corrected chi connectivity index (χ1v) is 7.35. The molecule has 0 saturated heterocycles. The molecule has 0 aliphatic carbocycles. The van der Waals surface area contributed by atoms with Crippen molar-refractivity contribution in [3.05, 3.63) is 65.4 Å². The number of rotatable bonds is 5. The quantitative estimate of drug-likeness (QED) is 0.781. The molecule has 0 saturated carbocycles. The average molecular weight is 280 g/mol. The van der Waals surface area contributed by atoms with Gasteiger partial charge in [-0.2, -0.15) is 0 Å². The summed E-state index contributed by atoms with van der Waals surface area (Å²) in [5, 5.41) is 3.49. The minimum absolute atomic E-state index is 0.781. The molecule has 3 heterocycles. The minimum Gasteiger partial charge on any atom is -0.305 e. The first-order chi connectivity index (χ1) is 10.3. The number of pyridine rings is 2. The van der Waals surface area contributed by atoms with Gasteiger partial charge in [-0.1, -0.05) is 19.1 Å². The van der Waals surface area contributed by atoms with E-state index in [1.165, 1.54) is 11.3 Å². The maximum absolute atomic E-state index is 4.58. The molecule has 3 aromatic rings. The summed E-state index contributed by atoms with van der Waals surface area (Å²) in [6.07, 6.45) is 4.93. The van der Waals surface area contributed by atoms with E-state index in [1.54, 1.807) is 0 Å². The second kappa shape index (κ2) is 6.06. The number of aromatic nitrogens is 3. The van der Waals surface area contributed by atoms with Gasteiger partial charge < -0.3 is 9.72 Å². The molecule has 0 unspecified atom stereocenters. The highest BCUT2D eigenvalue weighted by Crippen LogP contribution is 2.12. The van der Waals surface area contributed by atoms with Gasteiger partial charge in [0.25, 0.3) is 0 Å². The Morgan fingerprint density at radius 1 is 1.14 bits per heavy atom. The zero-order valence-electron chi connectivity index (χ0n) is 12.5. The van der Waals surface area contributed by atoms with Gasteiger partial charge in [-0.05, 0) is 37.1 Å². The fraction of sp³-hybridized carbons (Fsp3) is 0.294. The van der Waals surface area contributed by atoms with Gasteiger partial charge in [-0.15, -0.1) is 0 Å². The Kier molecular flexibility index (Phi) is 3.97. The zero-order valence-corrected chi connectivity index (χ0v) is 12.5. The molecule has 0 fully saturated rings. The Balaban J connectivity index is 1.74. The van der Waals surface area contributed by atoms with E-state index in [0.29, 0.717) is 0 Å². The summed E-state index contributed by atoms with van der Waals surface area (Å²) in [5.74, 6) is 0. The predicted octanol–water partition coefficient (Wildman–Crippen LogP) is 2.89. The van der Waals surface area contributed by atoms with Crippen LogP contribution in [-0.2, 0) is 19.5 Å². The maximum atomic E-state index is 4.58. The summed E-state index contributed by atoms with van der Waals surface area (Å²) in [6, 6.07) is 10.2. The fourth-order valence-electron chi connectivity index (χ4n) is 2.63. The molecule has 0 radical (unpaired) electrons. The van der Waals surface area contributed by atoms with E-state index in [9.17, 15) is 0 Å². The molecule has 4 heteroatoms. The Labute approximate surface area is 124 Å². The van der Waals surface area contributed by atoms with Crippen LogP contribution in [0.15, 0.2) is 42.7 Å². The highest BCUT2D eigenvalue weighted by atomic mass is 15.0. The van der Waals surface area contributed by atoms with Crippen molar-refractivity contribution in [2.45, 2.75) is 33.4 Å². The van der Waals surface area contributed by atoms with Gasteiger partial charge in [-0.3, -0.25) is 4.98 Å². The highest BCUT2D eigenvalue weighted by molar-refractivity contribution is 5.42. The molecule has 0 aromatic carbocycles. The standard InChI is InChI=1S/C17H20N4/c1-3-14-7-6-9-19-15(14)11-18-12-16-13(2)20-17-8-4-5-10-21(16)17/h4-10,18H,3,11-12H2,1-2H3.